The number of aliphatic hydroxyl groups excluding tert-OH is 1. The molecule has 140 valence electrons. The Morgan fingerprint density at radius 2 is 2.04 bits per heavy atom. The van der Waals surface area contributed by atoms with E-state index in [1.54, 1.807) is 39.0 Å². The van der Waals surface area contributed by atoms with E-state index in [0.29, 0.717) is 6.42 Å². The van der Waals surface area contributed by atoms with E-state index >= 15 is 0 Å². The highest BCUT2D eigenvalue weighted by atomic mass is 16.6. The lowest BCUT2D eigenvalue weighted by Gasteiger charge is -2.21. The van der Waals surface area contributed by atoms with Crippen molar-refractivity contribution in [2.24, 2.45) is 0 Å². The lowest BCUT2D eigenvalue weighted by Crippen LogP contribution is -2.46. The predicted octanol–water partition coefficient (Wildman–Crippen LogP) is 0.806. The van der Waals surface area contributed by atoms with Crippen molar-refractivity contribution in [1.29, 1.82) is 0 Å². The Balaban J connectivity index is 2.57. The van der Waals surface area contributed by atoms with Crippen molar-refractivity contribution in [3.8, 4) is 0 Å². The number of alkyl carbamates (subject to hydrolysis) is 1. The molecule has 2 unspecified atom stereocenters. The zero-order valence-corrected chi connectivity index (χ0v) is 15.0. The molecule has 0 fully saturated rings. The summed E-state index contributed by atoms with van der Waals surface area (Å²) in [4.78, 5) is 35.4. The molecule has 0 bridgehead atoms. The first-order valence-electron chi connectivity index (χ1n) is 8.00. The van der Waals surface area contributed by atoms with Crippen molar-refractivity contribution in [2.45, 2.75) is 51.4 Å². The maximum Gasteiger partial charge on any atom is 0.408 e. The van der Waals surface area contributed by atoms with Crippen LogP contribution in [-0.2, 0) is 19.1 Å². The van der Waals surface area contributed by atoms with Crippen LogP contribution in [0.4, 0.5) is 4.79 Å². The molecule has 0 aromatic carbocycles. The number of ether oxygens (including phenoxy) is 2. The van der Waals surface area contributed by atoms with Gasteiger partial charge in [-0.15, -0.1) is 0 Å². The molecule has 25 heavy (non-hydrogen) atoms. The lowest BCUT2D eigenvalue weighted by molar-refractivity contribution is -0.144. The molecule has 3 N–H and O–H groups in total. The zero-order valence-electron chi connectivity index (χ0n) is 15.0. The second-order valence-corrected chi connectivity index (χ2v) is 6.65. The number of hydrogen-bond donors (Lipinski definition) is 3. The van der Waals surface area contributed by atoms with E-state index in [2.05, 4.69) is 10.6 Å². The van der Waals surface area contributed by atoms with Gasteiger partial charge in [0.05, 0.1) is 13.2 Å². The smallest absolute Gasteiger partial charge is 0.408 e. The number of methoxy groups -OCH3 is 1. The Kier molecular flexibility index (Phi) is 7.63. The summed E-state index contributed by atoms with van der Waals surface area (Å²) >= 11 is 0. The normalized spacial score (nSPS) is 18.0. The first-order chi connectivity index (χ1) is 11.6. The number of aliphatic hydroxyl groups is 1. The fourth-order valence-electron chi connectivity index (χ4n) is 2.15. The Morgan fingerprint density at radius 1 is 1.36 bits per heavy atom. The average Bonchev–Trinajstić information content (AvgIpc) is 2.50. The molecular weight excluding hydrogens is 328 g/mol. The van der Waals surface area contributed by atoms with Crippen LogP contribution in [0.1, 0.15) is 33.6 Å². The van der Waals surface area contributed by atoms with E-state index in [1.165, 1.54) is 7.11 Å². The number of carbonyl (C=O) groups excluding carboxylic acids is 3. The van der Waals surface area contributed by atoms with Crippen molar-refractivity contribution < 1.29 is 29.0 Å². The largest absolute Gasteiger partial charge is 0.467 e. The summed E-state index contributed by atoms with van der Waals surface area (Å²) in [7, 11) is 1.22. The number of esters is 1. The molecule has 1 rings (SSSR count). The van der Waals surface area contributed by atoms with Gasteiger partial charge in [-0.3, -0.25) is 4.79 Å². The fraction of sp³-hybridized carbons (Fsp3) is 0.588. The molecule has 8 nitrogen and oxygen atoms in total. The highest BCUT2D eigenvalue weighted by Crippen LogP contribution is 2.16. The lowest BCUT2D eigenvalue weighted by atomic mass is 9.98. The van der Waals surface area contributed by atoms with E-state index in [4.69, 9.17) is 9.47 Å². The average molecular weight is 354 g/mol. The van der Waals surface area contributed by atoms with Crippen LogP contribution in [0.2, 0.25) is 0 Å². The van der Waals surface area contributed by atoms with Gasteiger partial charge in [0.15, 0.2) is 0 Å². The second-order valence-electron chi connectivity index (χ2n) is 6.65. The fourth-order valence-corrected chi connectivity index (χ4v) is 2.15. The van der Waals surface area contributed by atoms with Crippen molar-refractivity contribution in [1.82, 2.24) is 10.6 Å². The van der Waals surface area contributed by atoms with E-state index in [-0.39, 0.29) is 13.0 Å². The number of nitrogens with one attached hydrogen (secondary N) is 2. The van der Waals surface area contributed by atoms with Crippen LogP contribution >= 0.6 is 0 Å². The molecule has 0 heterocycles. The number of rotatable bonds is 6. The van der Waals surface area contributed by atoms with E-state index in [9.17, 15) is 19.5 Å². The first kappa shape index (κ1) is 20.7. The standard InChI is InChI=1S/C17H26N2O6/c1-17(2,3)25-16(23)18-10-14(21)19-13(15(22)24-4)9-11-6-5-7-12(20)8-11/h5-6,8,12-13,20H,7,9-10H2,1-4H3,(H,18,23)(H,19,21). The summed E-state index contributed by atoms with van der Waals surface area (Å²) in [6.07, 6.45) is 4.56. The summed E-state index contributed by atoms with van der Waals surface area (Å²) in [6.45, 7) is 4.79. The van der Waals surface area contributed by atoms with Crippen molar-refractivity contribution in [3.05, 3.63) is 23.8 Å². The molecule has 0 aromatic heterocycles. The third kappa shape index (κ3) is 8.35. The van der Waals surface area contributed by atoms with E-state index < -0.39 is 35.7 Å². The minimum atomic E-state index is -0.917. The van der Waals surface area contributed by atoms with Gasteiger partial charge in [0.2, 0.25) is 5.91 Å². The van der Waals surface area contributed by atoms with Crippen molar-refractivity contribution in [2.75, 3.05) is 13.7 Å². The minimum Gasteiger partial charge on any atom is -0.467 e. The summed E-state index contributed by atoms with van der Waals surface area (Å²) in [5.41, 5.74) is 0.0463. The van der Waals surface area contributed by atoms with Crippen LogP contribution in [0.5, 0.6) is 0 Å². The van der Waals surface area contributed by atoms with Gasteiger partial charge in [-0.05, 0) is 32.8 Å². The first-order valence-corrected chi connectivity index (χ1v) is 8.00. The topological polar surface area (TPSA) is 114 Å². The van der Waals surface area contributed by atoms with Gasteiger partial charge in [0, 0.05) is 6.42 Å². The second kappa shape index (κ2) is 9.22. The number of allylic oxidation sites excluding steroid dienone is 1. The summed E-state index contributed by atoms with van der Waals surface area (Å²) in [5, 5.41) is 14.4. The highest BCUT2D eigenvalue weighted by molar-refractivity contribution is 5.87. The summed E-state index contributed by atoms with van der Waals surface area (Å²) < 4.78 is 9.72. The van der Waals surface area contributed by atoms with Crippen LogP contribution in [0.15, 0.2) is 23.8 Å². The van der Waals surface area contributed by atoms with Crippen LogP contribution < -0.4 is 10.6 Å². The van der Waals surface area contributed by atoms with Crippen molar-refractivity contribution in [3.63, 3.8) is 0 Å². The van der Waals surface area contributed by atoms with Crippen LogP contribution in [0.25, 0.3) is 0 Å². The molecule has 0 spiro atoms. The third-order valence-corrected chi connectivity index (χ3v) is 3.17. The van der Waals surface area contributed by atoms with Crippen LogP contribution in [0.3, 0.4) is 0 Å². The zero-order chi connectivity index (χ0) is 19.0. The molecule has 1 aliphatic carbocycles. The number of amides is 2. The molecule has 1 aliphatic rings. The Labute approximate surface area is 147 Å². The Bertz CT molecular complexity index is 562. The molecule has 0 aliphatic heterocycles. The molecule has 0 saturated carbocycles. The van der Waals surface area contributed by atoms with E-state index in [0.717, 1.165) is 5.57 Å². The molecule has 0 radical (unpaired) electrons. The van der Waals surface area contributed by atoms with Gasteiger partial charge in [0.1, 0.15) is 18.2 Å². The molecule has 8 heteroatoms. The molecular formula is C17H26N2O6. The molecule has 2 amide bonds. The monoisotopic (exact) mass is 354 g/mol. The van der Waals surface area contributed by atoms with Gasteiger partial charge >= 0.3 is 12.1 Å². The Hall–Kier alpha value is -2.35. The number of hydrogen-bond acceptors (Lipinski definition) is 6. The van der Waals surface area contributed by atoms with Gasteiger partial charge in [-0.25, -0.2) is 9.59 Å². The van der Waals surface area contributed by atoms with E-state index in [1.807, 2.05) is 0 Å². The quantitative estimate of drug-likeness (QED) is 0.608. The van der Waals surface area contributed by atoms with Gasteiger partial charge in [-0.1, -0.05) is 18.2 Å². The van der Waals surface area contributed by atoms with Gasteiger partial charge in [0.25, 0.3) is 0 Å². The molecule has 0 saturated heterocycles. The maximum absolute atomic E-state index is 12.0. The van der Waals surface area contributed by atoms with Gasteiger partial charge in [-0.2, -0.15) is 0 Å². The summed E-state index contributed by atoms with van der Waals surface area (Å²) in [5.74, 6) is -1.16. The highest BCUT2D eigenvalue weighted by Gasteiger charge is 2.24. The van der Waals surface area contributed by atoms with Crippen LogP contribution in [-0.4, -0.2) is 54.5 Å². The van der Waals surface area contributed by atoms with Gasteiger partial charge < -0.3 is 25.2 Å². The molecule has 2 atom stereocenters. The maximum atomic E-state index is 12.0. The summed E-state index contributed by atoms with van der Waals surface area (Å²) in [6, 6.07) is -0.917. The molecule has 0 aromatic rings. The predicted molar refractivity (Wildman–Crippen MR) is 90.6 cm³/mol. The van der Waals surface area contributed by atoms with Crippen molar-refractivity contribution >= 4 is 18.0 Å². The third-order valence-electron chi connectivity index (χ3n) is 3.17. The number of carbonyl (C=O) groups is 3. The SMILES string of the molecule is COC(=O)C(CC1=CC(O)CC=C1)NC(=O)CNC(=O)OC(C)(C)C. The minimum absolute atomic E-state index is 0.179. The Morgan fingerprint density at radius 3 is 2.60 bits per heavy atom. The van der Waals surface area contributed by atoms with Crippen LogP contribution in [0, 0.1) is 0 Å².